The smallest absolute Gasteiger partial charge is 0.329 e. The maximum atomic E-state index is 13.2. The topological polar surface area (TPSA) is 84.9 Å². The summed E-state index contributed by atoms with van der Waals surface area (Å²) in [7, 11) is 0. The van der Waals surface area contributed by atoms with Gasteiger partial charge in [-0.3, -0.25) is 14.9 Å². The maximum absolute atomic E-state index is 13.2. The molecule has 7 nitrogen and oxygen atoms in total. The van der Waals surface area contributed by atoms with Crippen LogP contribution in [0.1, 0.15) is 72.3 Å². The van der Waals surface area contributed by atoms with Crippen LogP contribution in [0, 0.1) is 0 Å². The van der Waals surface area contributed by atoms with Crippen molar-refractivity contribution in [1.29, 1.82) is 0 Å². The fourth-order valence-electron chi connectivity index (χ4n) is 3.91. The van der Waals surface area contributed by atoms with Gasteiger partial charge < -0.3 is 14.4 Å². The third-order valence-electron chi connectivity index (χ3n) is 5.63. The van der Waals surface area contributed by atoms with Crippen LogP contribution in [0.4, 0.5) is 0 Å². The number of aryl methyl sites for hydroxylation is 1. The SMILES string of the molecule is CCCCOC(=O)[C@H](CCc1ccccc1)N[C@@H](C)C(=O)N1CCC[C@H]1C(=O)OC(C)(C)C. The van der Waals surface area contributed by atoms with E-state index in [1.807, 2.05) is 58.0 Å². The van der Waals surface area contributed by atoms with Crippen molar-refractivity contribution in [2.45, 2.75) is 96.9 Å². The normalized spacial score (nSPS) is 18.0. The molecular formula is C26H40N2O5. The molecule has 1 heterocycles. The second-order valence-corrected chi connectivity index (χ2v) is 9.71. The van der Waals surface area contributed by atoms with Crippen LogP contribution in [0.5, 0.6) is 0 Å². The van der Waals surface area contributed by atoms with Crippen molar-refractivity contribution in [1.82, 2.24) is 10.2 Å². The monoisotopic (exact) mass is 460 g/mol. The number of benzene rings is 1. The zero-order chi connectivity index (χ0) is 24.4. The number of carbonyl (C=O) groups excluding carboxylic acids is 3. The summed E-state index contributed by atoms with van der Waals surface area (Å²) in [6.07, 6.45) is 4.28. The van der Waals surface area contributed by atoms with Gasteiger partial charge in [-0.15, -0.1) is 0 Å². The molecule has 1 aromatic rings. The van der Waals surface area contributed by atoms with E-state index in [1.165, 1.54) is 0 Å². The van der Waals surface area contributed by atoms with Gasteiger partial charge in [0.15, 0.2) is 0 Å². The fourth-order valence-corrected chi connectivity index (χ4v) is 3.91. The van der Waals surface area contributed by atoms with E-state index in [1.54, 1.807) is 11.8 Å². The Balaban J connectivity index is 2.04. The van der Waals surface area contributed by atoms with E-state index in [0.717, 1.165) is 24.8 Å². The van der Waals surface area contributed by atoms with Crippen molar-refractivity contribution in [2.75, 3.05) is 13.2 Å². The molecule has 1 aliphatic heterocycles. The number of amides is 1. The predicted molar refractivity (Wildman–Crippen MR) is 128 cm³/mol. The second-order valence-electron chi connectivity index (χ2n) is 9.71. The zero-order valence-electron chi connectivity index (χ0n) is 20.8. The Hall–Kier alpha value is -2.41. The average molecular weight is 461 g/mol. The molecule has 0 radical (unpaired) electrons. The molecule has 1 amide bonds. The van der Waals surface area contributed by atoms with E-state index in [4.69, 9.17) is 9.47 Å². The Morgan fingerprint density at radius 1 is 1.18 bits per heavy atom. The van der Waals surface area contributed by atoms with E-state index >= 15 is 0 Å². The average Bonchev–Trinajstić information content (AvgIpc) is 3.25. The van der Waals surface area contributed by atoms with E-state index in [-0.39, 0.29) is 17.8 Å². The summed E-state index contributed by atoms with van der Waals surface area (Å²) in [4.78, 5) is 40.2. The number of ether oxygens (including phenoxy) is 2. The lowest BCUT2D eigenvalue weighted by Gasteiger charge is -2.30. The van der Waals surface area contributed by atoms with Crippen LogP contribution in [0.25, 0.3) is 0 Å². The largest absolute Gasteiger partial charge is 0.465 e. The fraction of sp³-hybridized carbons (Fsp3) is 0.654. The first-order valence-electron chi connectivity index (χ1n) is 12.1. The molecule has 2 rings (SSSR count). The van der Waals surface area contributed by atoms with Gasteiger partial charge >= 0.3 is 11.9 Å². The van der Waals surface area contributed by atoms with Crippen molar-refractivity contribution >= 4 is 17.8 Å². The molecule has 184 valence electrons. The molecule has 1 saturated heterocycles. The highest BCUT2D eigenvalue weighted by atomic mass is 16.6. The van der Waals surface area contributed by atoms with Crippen molar-refractivity contribution in [3.8, 4) is 0 Å². The summed E-state index contributed by atoms with van der Waals surface area (Å²) in [5.41, 5.74) is 0.512. The Labute approximate surface area is 198 Å². The number of nitrogens with one attached hydrogen (secondary N) is 1. The molecule has 3 atom stereocenters. The lowest BCUT2D eigenvalue weighted by molar-refractivity contribution is -0.163. The molecule has 7 heteroatoms. The van der Waals surface area contributed by atoms with Gasteiger partial charge in [0.25, 0.3) is 0 Å². The lowest BCUT2D eigenvalue weighted by Crippen LogP contribution is -2.54. The summed E-state index contributed by atoms with van der Waals surface area (Å²) in [5.74, 6) is -0.918. The molecule has 0 bridgehead atoms. The molecule has 1 N–H and O–H groups in total. The van der Waals surface area contributed by atoms with Gasteiger partial charge in [0.2, 0.25) is 5.91 Å². The minimum absolute atomic E-state index is 0.200. The van der Waals surface area contributed by atoms with Gasteiger partial charge in [0.1, 0.15) is 17.7 Å². The Morgan fingerprint density at radius 3 is 2.52 bits per heavy atom. The summed E-state index contributed by atoms with van der Waals surface area (Å²) < 4.78 is 11.0. The molecule has 1 fully saturated rings. The van der Waals surface area contributed by atoms with Crippen LogP contribution >= 0.6 is 0 Å². The Bertz CT molecular complexity index is 775. The molecule has 0 saturated carbocycles. The molecular weight excluding hydrogens is 420 g/mol. The molecule has 1 aliphatic rings. The number of hydrogen-bond acceptors (Lipinski definition) is 6. The number of rotatable bonds is 11. The lowest BCUT2D eigenvalue weighted by atomic mass is 10.0. The first kappa shape index (κ1) is 26.8. The number of hydrogen-bond donors (Lipinski definition) is 1. The maximum Gasteiger partial charge on any atom is 0.329 e. The molecule has 0 aliphatic carbocycles. The third kappa shape index (κ3) is 8.80. The highest BCUT2D eigenvalue weighted by Crippen LogP contribution is 2.22. The van der Waals surface area contributed by atoms with Gasteiger partial charge in [0, 0.05) is 6.54 Å². The minimum Gasteiger partial charge on any atom is -0.465 e. The second kappa shape index (κ2) is 12.7. The summed E-state index contributed by atoms with van der Waals surface area (Å²) in [6, 6.07) is 8.10. The van der Waals surface area contributed by atoms with E-state index in [2.05, 4.69) is 5.32 Å². The number of nitrogens with zero attached hydrogens (tertiary/aromatic N) is 1. The first-order chi connectivity index (χ1) is 15.6. The van der Waals surface area contributed by atoms with E-state index in [0.29, 0.717) is 32.4 Å². The molecule has 0 aromatic heterocycles. The van der Waals surface area contributed by atoms with Crippen LogP contribution in [-0.2, 0) is 30.3 Å². The minimum atomic E-state index is -0.632. The van der Waals surface area contributed by atoms with Crippen LogP contribution in [0.2, 0.25) is 0 Å². The summed E-state index contributed by atoms with van der Waals surface area (Å²) >= 11 is 0. The van der Waals surface area contributed by atoms with Crippen molar-refractivity contribution < 1.29 is 23.9 Å². The number of carbonyl (C=O) groups is 3. The number of esters is 2. The van der Waals surface area contributed by atoms with Gasteiger partial charge in [0.05, 0.1) is 12.6 Å². The highest BCUT2D eigenvalue weighted by Gasteiger charge is 2.39. The zero-order valence-corrected chi connectivity index (χ0v) is 20.8. The molecule has 0 spiro atoms. The Kier molecular flexibility index (Phi) is 10.4. The third-order valence-corrected chi connectivity index (χ3v) is 5.63. The quantitative estimate of drug-likeness (QED) is 0.401. The van der Waals surface area contributed by atoms with Gasteiger partial charge in [-0.05, 0) is 65.4 Å². The van der Waals surface area contributed by atoms with Crippen molar-refractivity contribution in [2.24, 2.45) is 0 Å². The van der Waals surface area contributed by atoms with Crippen LogP contribution in [0.15, 0.2) is 30.3 Å². The summed E-state index contributed by atoms with van der Waals surface area (Å²) in [5, 5.41) is 3.18. The van der Waals surface area contributed by atoms with Crippen molar-refractivity contribution in [3.05, 3.63) is 35.9 Å². The van der Waals surface area contributed by atoms with Crippen LogP contribution in [0.3, 0.4) is 0 Å². The first-order valence-corrected chi connectivity index (χ1v) is 12.1. The predicted octanol–water partition coefficient (Wildman–Crippen LogP) is 3.64. The van der Waals surface area contributed by atoms with E-state index in [9.17, 15) is 14.4 Å². The van der Waals surface area contributed by atoms with Crippen molar-refractivity contribution in [3.63, 3.8) is 0 Å². The van der Waals surface area contributed by atoms with Gasteiger partial charge in [-0.25, -0.2) is 4.79 Å². The molecule has 0 unspecified atom stereocenters. The standard InChI is InChI=1S/C26H40N2O5/c1-6-7-18-32-24(30)21(16-15-20-12-9-8-10-13-20)27-19(2)23(29)28-17-11-14-22(28)25(31)33-26(3,4)5/h8-10,12-13,19,21-22,27H,6-7,11,14-18H2,1-5H3/t19-,21-,22-/m0/s1. The number of likely N-dealkylation sites (tertiary alicyclic amines) is 1. The Morgan fingerprint density at radius 2 is 1.88 bits per heavy atom. The molecule has 33 heavy (non-hydrogen) atoms. The van der Waals surface area contributed by atoms with Crippen LogP contribution in [-0.4, -0.2) is 59.6 Å². The molecule has 1 aromatic carbocycles. The van der Waals surface area contributed by atoms with E-state index < -0.39 is 23.7 Å². The highest BCUT2D eigenvalue weighted by molar-refractivity contribution is 5.88. The van der Waals surface area contributed by atoms with Gasteiger partial charge in [-0.1, -0.05) is 43.7 Å². The van der Waals surface area contributed by atoms with Gasteiger partial charge in [-0.2, -0.15) is 0 Å². The number of unbranched alkanes of at least 4 members (excludes halogenated alkanes) is 1. The van der Waals surface area contributed by atoms with Crippen LogP contribution < -0.4 is 5.32 Å². The summed E-state index contributed by atoms with van der Waals surface area (Å²) in [6.45, 7) is 10.1.